The molecule has 1 aromatic heterocycles. The van der Waals surface area contributed by atoms with E-state index in [-0.39, 0.29) is 5.91 Å². The molecular weight excluding hydrogens is 400 g/mol. The van der Waals surface area contributed by atoms with Gasteiger partial charge < -0.3 is 4.74 Å². The third-order valence-electron chi connectivity index (χ3n) is 7.45. The Morgan fingerprint density at radius 1 is 1.00 bits per heavy atom. The summed E-state index contributed by atoms with van der Waals surface area (Å²) in [6.45, 7) is 2.71. The van der Waals surface area contributed by atoms with E-state index in [2.05, 4.69) is 5.43 Å². The van der Waals surface area contributed by atoms with Crippen molar-refractivity contribution in [2.45, 2.75) is 43.9 Å². The molecular formula is C23H27ClN4O2. The molecule has 0 radical (unpaired) electrons. The van der Waals surface area contributed by atoms with Crippen LogP contribution in [0.4, 0.5) is 0 Å². The number of ether oxygens (including phenoxy) is 1. The highest BCUT2D eigenvalue weighted by Crippen LogP contribution is 2.57. The van der Waals surface area contributed by atoms with Gasteiger partial charge in [0.05, 0.1) is 24.6 Å². The Bertz CT molecular complexity index is 952. The van der Waals surface area contributed by atoms with E-state index in [1.807, 2.05) is 34.0 Å². The fourth-order valence-corrected chi connectivity index (χ4v) is 6.49. The van der Waals surface area contributed by atoms with E-state index >= 15 is 0 Å². The van der Waals surface area contributed by atoms with Gasteiger partial charge >= 0.3 is 0 Å². The second kappa shape index (κ2) is 7.36. The Morgan fingerprint density at radius 2 is 1.67 bits per heavy atom. The van der Waals surface area contributed by atoms with Gasteiger partial charge in [-0.3, -0.25) is 10.2 Å². The van der Waals surface area contributed by atoms with Crippen LogP contribution in [-0.4, -0.2) is 47.0 Å². The average Bonchev–Trinajstić information content (AvgIpc) is 3.07. The van der Waals surface area contributed by atoms with E-state index in [1.165, 1.54) is 43.4 Å². The van der Waals surface area contributed by atoms with Gasteiger partial charge in [0.25, 0.3) is 5.91 Å². The van der Waals surface area contributed by atoms with E-state index in [0.717, 1.165) is 17.5 Å². The van der Waals surface area contributed by atoms with Gasteiger partial charge in [-0.15, -0.1) is 0 Å². The average molecular weight is 427 g/mol. The highest BCUT2D eigenvalue weighted by Gasteiger charge is 2.46. The zero-order valence-corrected chi connectivity index (χ0v) is 17.8. The number of carbonyl (C=O) groups is 1. The first-order valence-electron chi connectivity index (χ1n) is 11.2. The minimum Gasteiger partial charge on any atom is -0.379 e. The number of carbonyl (C=O) groups excluding carboxylic acids is 1. The number of halogens is 1. The second-order valence-electron chi connectivity index (χ2n) is 9.38. The Hall–Kier alpha value is -1.89. The van der Waals surface area contributed by atoms with Crippen LogP contribution in [0.3, 0.4) is 0 Å². The summed E-state index contributed by atoms with van der Waals surface area (Å²) in [4.78, 5) is 13.4. The Balaban J connectivity index is 1.45. The van der Waals surface area contributed by atoms with E-state index < -0.39 is 0 Å². The largest absolute Gasteiger partial charge is 0.379 e. The minimum absolute atomic E-state index is 0.0814. The van der Waals surface area contributed by atoms with Crippen molar-refractivity contribution < 1.29 is 9.53 Å². The van der Waals surface area contributed by atoms with Crippen molar-refractivity contribution in [2.75, 3.05) is 26.3 Å². The number of hydrogen-bond acceptors (Lipinski definition) is 4. The summed E-state index contributed by atoms with van der Waals surface area (Å²) in [5.41, 5.74) is 7.19. The van der Waals surface area contributed by atoms with Gasteiger partial charge in [0.1, 0.15) is 0 Å². The Labute approximate surface area is 181 Å². The number of morpholine rings is 1. The maximum atomic E-state index is 13.4. The number of amides is 1. The van der Waals surface area contributed by atoms with Gasteiger partial charge in [-0.1, -0.05) is 11.6 Å². The first-order chi connectivity index (χ1) is 14.7. The highest BCUT2D eigenvalue weighted by atomic mass is 35.5. The lowest BCUT2D eigenvalue weighted by Gasteiger charge is -2.38. The summed E-state index contributed by atoms with van der Waals surface area (Å²) in [6.07, 6.45) is 6.21. The van der Waals surface area contributed by atoms with Gasteiger partial charge in [-0.2, -0.15) is 5.10 Å². The molecule has 1 saturated heterocycles. The predicted octanol–water partition coefficient (Wildman–Crippen LogP) is 3.89. The Kier molecular flexibility index (Phi) is 4.62. The molecule has 1 N–H and O–H groups in total. The molecule has 4 aliphatic carbocycles. The molecule has 1 amide bonds. The maximum Gasteiger partial charge on any atom is 0.286 e. The maximum absolute atomic E-state index is 13.4. The molecule has 7 rings (SSSR count). The number of benzene rings is 1. The van der Waals surface area contributed by atoms with Crippen LogP contribution in [0.15, 0.2) is 24.3 Å². The molecule has 6 nitrogen and oxygen atoms in total. The summed E-state index contributed by atoms with van der Waals surface area (Å²) in [6, 6.07) is 7.82. The first-order valence-corrected chi connectivity index (χ1v) is 11.6. The molecule has 2 heterocycles. The van der Waals surface area contributed by atoms with Crippen molar-refractivity contribution in [3.8, 4) is 5.69 Å². The molecule has 2 aromatic rings. The molecule has 2 saturated carbocycles. The van der Waals surface area contributed by atoms with Crippen molar-refractivity contribution in [2.24, 2.45) is 11.8 Å². The summed E-state index contributed by atoms with van der Waals surface area (Å²) < 4.78 is 7.46. The molecule has 2 atom stereocenters. The third-order valence-corrected chi connectivity index (χ3v) is 7.70. The lowest BCUT2D eigenvalue weighted by molar-refractivity contribution is 0.0124. The summed E-state index contributed by atoms with van der Waals surface area (Å²) in [7, 11) is 0. The van der Waals surface area contributed by atoms with Crippen molar-refractivity contribution in [3.05, 3.63) is 46.2 Å². The third kappa shape index (κ3) is 3.17. The van der Waals surface area contributed by atoms with Crippen molar-refractivity contribution in [3.63, 3.8) is 0 Å². The Morgan fingerprint density at radius 3 is 2.37 bits per heavy atom. The number of hydrogen-bond donors (Lipinski definition) is 1. The van der Waals surface area contributed by atoms with Crippen LogP contribution in [-0.2, 0) is 4.74 Å². The topological polar surface area (TPSA) is 59.4 Å². The van der Waals surface area contributed by atoms with Gasteiger partial charge in [0, 0.05) is 29.6 Å². The lowest BCUT2D eigenvalue weighted by Crippen LogP contribution is -2.48. The smallest absolute Gasteiger partial charge is 0.286 e. The van der Waals surface area contributed by atoms with Crippen LogP contribution in [0.25, 0.3) is 5.69 Å². The number of nitrogens with zero attached hydrogens (tertiary/aromatic N) is 3. The zero-order valence-electron chi connectivity index (χ0n) is 17.0. The molecule has 0 spiro atoms. The number of rotatable bonds is 3. The van der Waals surface area contributed by atoms with Crippen LogP contribution >= 0.6 is 11.6 Å². The SMILES string of the molecule is O=C(NN1CCOCC1)c1nn(-c2ccc(Cl)cc2)c2c1C1CC3CC(C1)CC2C3. The number of hydrazine groups is 1. The van der Waals surface area contributed by atoms with E-state index in [0.29, 0.717) is 48.9 Å². The molecule has 5 aliphatic rings. The van der Waals surface area contributed by atoms with Crippen molar-refractivity contribution >= 4 is 17.5 Å². The van der Waals surface area contributed by atoms with Gasteiger partial charge in [0.2, 0.25) is 0 Å². The number of aromatic nitrogens is 2. The van der Waals surface area contributed by atoms with Crippen LogP contribution < -0.4 is 5.43 Å². The van der Waals surface area contributed by atoms with Gasteiger partial charge in [-0.05, 0) is 74.1 Å². The first kappa shape index (κ1) is 18.8. The molecule has 3 fully saturated rings. The predicted molar refractivity (Wildman–Crippen MR) is 114 cm³/mol. The molecule has 7 heteroatoms. The normalized spacial score (nSPS) is 30.2. The number of nitrogens with one attached hydrogen (secondary N) is 1. The van der Waals surface area contributed by atoms with Crippen LogP contribution in [0.5, 0.6) is 0 Å². The summed E-state index contributed by atoms with van der Waals surface area (Å²) >= 11 is 6.14. The van der Waals surface area contributed by atoms with E-state index in [1.54, 1.807) is 0 Å². The van der Waals surface area contributed by atoms with Gasteiger partial charge in [-0.25, -0.2) is 9.69 Å². The zero-order chi connectivity index (χ0) is 20.2. The standard InChI is InChI=1S/C23H27ClN4O2/c24-18-1-3-19(4-2-18)28-22-17-12-14-9-15(13-17)11-16(10-14)20(22)21(25-28)23(29)26-27-5-7-30-8-6-27/h1-4,14-17H,5-13H2,(H,26,29). The molecule has 158 valence electrons. The minimum atomic E-state index is -0.0814. The van der Waals surface area contributed by atoms with Gasteiger partial charge in [0.15, 0.2) is 5.69 Å². The highest BCUT2D eigenvalue weighted by molar-refractivity contribution is 6.30. The van der Waals surface area contributed by atoms with Crippen molar-refractivity contribution in [1.82, 2.24) is 20.2 Å². The fourth-order valence-electron chi connectivity index (χ4n) is 6.37. The van der Waals surface area contributed by atoms with E-state index in [9.17, 15) is 4.79 Å². The molecule has 4 bridgehead atoms. The monoisotopic (exact) mass is 426 g/mol. The molecule has 1 aliphatic heterocycles. The lowest BCUT2D eigenvalue weighted by atomic mass is 9.67. The molecule has 30 heavy (non-hydrogen) atoms. The molecule has 2 unspecified atom stereocenters. The van der Waals surface area contributed by atoms with Crippen molar-refractivity contribution in [1.29, 1.82) is 0 Å². The summed E-state index contributed by atoms with van der Waals surface area (Å²) in [5.74, 6) is 2.43. The van der Waals surface area contributed by atoms with Crippen LogP contribution in [0.1, 0.15) is 65.7 Å². The van der Waals surface area contributed by atoms with Crippen LogP contribution in [0.2, 0.25) is 5.02 Å². The fraction of sp³-hybridized carbons (Fsp3) is 0.565. The van der Waals surface area contributed by atoms with E-state index in [4.69, 9.17) is 21.4 Å². The quantitative estimate of drug-likeness (QED) is 0.808. The second-order valence-corrected chi connectivity index (χ2v) is 9.82. The van der Waals surface area contributed by atoms with Crippen LogP contribution in [0, 0.1) is 11.8 Å². The summed E-state index contributed by atoms with van der Waals surface area (Å²) in [5, 5.41) is 7.59. The molecule has 1 aromatic carbocycles.